The van der Waals surface area contributed by atoms with Gasteiger partial charge in [0.25, 0.3) is 5.89 Å². The van der Waals surface area contributed by atoms with E-state index in [1.165, 1.54) is 0 Å². The van der Waals surface area contributed by atoms with E-state index >= 15 is 0 Å². The zero-order valence-electron chi connectivity index (χ0n) is 9.43. The van der Waals surface area contributed by atoms with Crippen LogP contribution in [-0.2, 0) is 6.42 Å². The molecule has 1 unspecified atom stereocenters. The average Bonchev–Trinajstić information content (AvgIpc) is 2.95. The predicted octanol–water partition coefficient (Wildman–Crippen LogP) is 2.30. The maximum atomic E-state index is 5.81. The Balaban J connectivity index is 2.31. The molecule has 2 heterocycles. The van der Waals surface area contributed by atoms with Crippen LogP contribution in [-0.4, -0.2) is 10.2 Å². The smallest absolute Gasteiger partial charge is 0.251 e. The minimum absolute atomic E-state index is 0.196. The molecule has 0 bridgehead atoms. The SMILES string of the molecule is CCc1occc1-c1nnc(C(N)CC)o1. The van der Waals surface area contributed by atoms with Crippen LogP contribution in [0.2, 0.25) is 0 Å². The molecule has 0 aliphatic heterocycles. The molecule has 0 radical (unpaired) electrons. The molecule has 0 amide bonds. The zero-order valence-corrected chi connectivity index (χ0v) is 9.43. The Labute approximate surface area is 93.6 Å². The number of nitrogens with zero attached hydrogens (tertiary/aromatic N) is 2. The van der Waals surface area contributed by atoms with Gasteiger partial charge >= 0.3 is 0 Å². The summed E-state index contributed by atoms with van der Waals surface area (Å²) in [7, 11) is 0. The van der Waals surface area contributed by atoms with Gasteiger partial charge in [0.05, 0.1) is 17.9 Å². The second-order valence-corrected chi connectivity index (χ2v) is 3.57. The van der Waals surface area contributed by atoms with Crippen molar-refractivity contribution in [3.05, 3.63) is 24.0 Å². The fourth-order valence-corrected chi connectivity index (χ4v) is 1.47. The molecular formula is C11H15N3O2. The number of furan rings is 1. The highest BCUT2D eigenvalue weighted by molar-refractivity contribution is 5.54. The Hall–Kier alpha value is -1.62. The van der Waals surface area contributed by atoms with Crippen LogP contribution in [0.4, 0.5) is 0 Å². The summed E-state index contributed by atoms with van der Waals surface area (Å²) in [6, 6.07) is 1.63. The van der Waals surface area contributed by atoms with Crippen LogP contribution >= 0.6 is 0 Å². The molecule has 2 N–H and O–H groups in total. The summed E-state index contributed by atoms with van der Waals surface area (Å²) in [5.41, 5.74) is 6.66. The summed E-state index contributed by atoms with van der Waals surface area (Å²) in [6.07, 6.45) is 3.19. The van der Waals surface area contributed by atoms with E-state index in [1.54, 1.807) is 6.26 Å². The number of hydrogen-bond acceptors (Lipinski definition) is 5. The summed E-state index contributed by atoms with van der Waals surface area (Å²) in [6.45, 7) is 3.99. The lowest BCUT2D eigenvalue weighted by atomic mass is 10.2. The Kier molecular flexibility index (Phi) is 3.05. The molecule has 5 heteroatoms. The van der Waals surface area contributed by atoms with Crippen molar-refractivity contribution < 1.29 is 8.83 Å². The van der Waals surface area contributed by atoms with Crippen LogP contribution in [0, 0.1) is 0 Å². The normalized spacial score (nSPS) is 12.9. The van der Waals surface area contributed by atoms with Crippen molar-refractivity contribution in [3.8, 4) is 11.5 Å². The topological polar surface area (TPSA) is 78.1 Å². The molecular weight excluding hydrogens is 206 g/mol. The molecule has 0 saturated carbocycles. The second kappa shape index (κ2) is 4.49. The van der Waals surface area contributed by atoms with Gasteiger partial charge in [0.2, 0.25) is 5.89 Å². The van der Waals surface area contributed by atoms with E-state index in [9.17, 15) is 0 Å². The van der Waals surface area contributed by atoms with Crippen LogP contribution in [0.5, 0.6) is 0 Å². The second-order valence-electron chi connectivity index (χ2n) is 3.57. The summed E-state index contributed by atoms with van der Waals surface area (Å²) in [5, 5.41) is 7.91. The summed E-state index contributed by atoms with van der Waals surface area (Å²) >= 11 is 0. The van der Waals surface area contributed by atoms with Crippen LogP contribution in [0.15, 0.2) is 21.2 Å². The van der Waals surface area contributed by atoms with Gasteiger partial charge in [-0.15, -0.1) is 10.2 Å². The molecule has 0 spiro atoms. The van der Waals surface area contributed by atoms with Crippen LogP contribution in [0.3, 0.4) is 0 Å². The molecule has 0 saturated heterocycles. The maximum Gasteiger partial charge on any atom is 0.251 e. The van der Waals surface area contributed by atoms with Crippen LogP contribution in [0.1, 0.15) is 38.0 Å². The maximum absolute atomic E-state index is 5.81. The fourth-order valence-electron chi connectivity index (χ4n) is 1.47. The fraction of sp³-hybridized carbons (Fsp3) is 0.455. The molecule has 2 rings (SSSR count). The van der Waals surface area contributed by atoms with E-state index < -0.39 is 0 Å². The highest BCUT2D eigenvalue weighted by Crippen LogP contribution is 2.25. The monoisotopic (exact) mass is 221 g/mol. The number of hydrogen-bond donors (Lipinski definition) is 1. The standard InChI is InChI=1S/C11H15N3O2/c1-3-8(12)11-14-13-10(16-11)7-5-6-15-9(7)4-2/h5-6,8H,3-4,12H2,1-2H3. The first kappa shape index (κ1) is 10.9. The highest BCUT2D eigenvalue weighted by atomic mass is 16.4. The van der Waals surface area contributed by atoms with Gasteiger partial charge in [-0.2, -0.15) is 0 Å². The Morgan fingerprint density at radius 2 is 2.19 bits per heavy atom. The summed E-state index contributed by atoms with van der Waals surface area (Å²) in [4.78, 5) is 0. The first-order valence-corrected chi connectivity index (χ1v) is 5.42. The quantitative estimate of drug-likeness (QED) is 0.857. The lowest BCUT2D eigenvalue weighted by Gasteiger charge is -2.00. The van der Waals surface area contributed by atoms with Gasteiger partial charge in [0, 0.05) is 6.42 Å². The van der Waals surface area contributed by atoms with E-state index in [2.05, 4.69) is 10.2 Å². The first-order valence-electron chi connectivity index (χ1n) is 5.42. The third-order valence-corrected chi connectivity index (χ3v) is 2.49. The van der Waals surface area contributed by atoms with Gasteiger partial charge in [-0.05, 0) is 12.5 Å². The lowest BCUT2D eigenvalue weighted by molar-refractivity contribution is 0.450. The van der Waals surface area contributed by atoms with Crippen molar-refractivity contribution in [2.24, 2.45) is 5.73 Å². The summed E-state index contributed by atoms with van der Waals surface area (Å²) in [5.74, 6) is 1.80. The molecule has 86 valence electrons. The van der Waals surface area contributed by atoms with E-state index in [4.69, 9.17) is 14.6 Å². The van der Waals surface area contributed by atoms with Gasteiger partial charge < -0.3 is 14.6 Å². The van der Waals surface area contributed by atoms with Crippen molar-refractivity contribution in [3.63, 3.8) is 0 Å². The van der Waals surface area contributed by atoms with Crippen molar-refractivity contribution in [1.82, 2.24) is 10.2 Å². The number of aromatic nitrogens is 2. The zero-order chi connectivity index (χ0) is 11.5. The Morgan fingerprint density at radius 1 is 1.38 bits per heavy atom. The van der Waals surface area contributed by atoms with E-state index in [0.717, 1.165) is 24.2 Å². The third-order valence-electron chi connectivity index (χ3n) is 2.49. The lowest BCUT2D eigenvalue weighted by Crippen LogP contribution is -2.08. The van der Waals surface area contributed by atoms with E-state index in [-0.39, 0.29) is 6.04 Å². The Morgan fingerprint density at radius 3 is 2.88 bits per heavy atom. The molecule has 0 aliphatic rings. The van der Waals surface area contributed by atoms with Gasteiger partial charge in [-0.25, -0.2) is 0 Å². The minimum Gasteiger partial charge on any atom is -0.469 e. The van der Waals surface area contributed by atoms with Crippen molar-refractivity contribution in [2.45, 2.75) is 32.7 Å². The van der Waals surface area contributed by atoms with E-state index in [1.807, 2.05) is 19.9 Å². The average molecular weight is 221 g/mol. The van der Waals surface area contributed by atoms with Gasteiger partial charge in [-0.3, -0.25) is 0 Å². The molecule has 1 atom stereocenters. The predicted molar refractivity (Wildman–Crippen MR) is 58.6 cm³/mol. The van der Waals surface area contributed by atoms with Crippen LogP contribution in [0.25, 0.3) is 11.5 Å². The van der Waals surface area contributed by atoms with Gasteiger partial charge in [0.1, 0.15) is 5.76 Å². The Bertz CT molecular complexity index is 461. The minimum atomic E-state index is -0.196. The van der Waals surface area contributed by atoms with Gasteiger partial charge in [-0.1, -0.05) is 13.8 Å². The van der Waals surface area contributed by atoms with Gasteiger partial charge in [0.15, 0.2) is 0 Å². The highest BCUT2D eigenvalue weighted by Gasteiger charge is 2.17. The van der Waals surface area contributed by atoms with E-state index in [0.29, 0.717) is 11.8 Å². The van der Waals surface area contributed by atoms with Crippen molar-refractivity contribution in [2.75, 3.05) is 0 Å². The number of aryl methyl sites for hydroxylation is 1. The molecule has 5 nitrogen and oxygen atoms in total. The molecule has 0 fully saturated rings. The molecule has 0 aliphatic carbocycles. The van der Waals surface area contributed by atoms with Crippen molar-refractivity contribution in [1.29, 1.82) is 0 Å². The third kappa shape index (κ3) is 1.86. The molecule has 16 heavy (non-hydrogen) atoms. The largest absolute Gasteiger partial charge is 0.469 e. The number of rotatable bonds is 4. The summed E-state index contributed by atoms with van der Waals surface area (Å²) < 4.78 is 10.8. The number of nitrogens with two attached hydrogens (primary N) is 1. The van der Waals surface area contributed by atoms with Crippen molar-refractivity contribution >= 4 is 0 Å². The first-order chi connectivity index (χ1) is 7.76. The molecule has 2 aromatic heterocycles. The van der Waals surface area contributed by atoms with Crippen LogP contribution < -0.4 is 5.73 Å². The molecule has 0 aromatic carbocycles. The molecule has 2 aromatic rings.